The summed E-state index contributed by atoms with van der Waals surface area (Å²) < 4.78 is 6.16. The second kappa shape index (κ2) is 24.4. The second-order valence-corrected chi connectivity index (χ2v) is 16.8. The van der Waals surface area contributed by atoms with Gasteiger partial charge in [-0.2, -0.15) is 0 Å². The number of carbonyl (C=O) groups is 7. The molecule has 58 heavy (non-hydrogen) atoms. The summed E-state index contributed by atoms with van der Waals surface area (Å²) in [6.45, 7) is 14.1. The Labute approximate surface area is 346 Å². The predicted molar refractivity (Wildman–Crippen MR) is 226 cm³/mol. The van der Waals surface area contributed by atoms with E-state index in [-0.39, 0.29) is 43.2 Å². The van der Waals surface area contributed by atoms with Crippen LogP contribution in [0.2, 0.25) is 0 Å². The highest BCUT2D eigenvalue weighted by Crippen LogP contribution is 2.26. The molecule has 2 aromatic carbocycles. The summed E-state index contributed by atoms with van der Waals surface area (Å²) in [5, 5.41) is 11.8. The van der Waals surface area contributed by atoms with Gasteiger partial charge in [0.1, 0.15) is 23.7 Å². The molecule has 2 amide bonds. The number of benzene rings is 2. The van der Waals surface area contributed by atoms with Gasteiger partial charge in [0.05, 0.1) is 11.7 Å². The first-order chi connectivity index (χ1) is 27.3. The molecule has 0 aromatic heterocycles. The molecule has 0 aliphatic carbocycles. The molecule has 0 aliphatic heterocycles. The molecule has 0 radical (unpaired) electrons. The molecule has 11 heteroatoms. The fourth-order valence-corrected chi connectivity index (χ4v) is 7.17. The smallest absolute Gasteiger partial charge is 0.326 e. The summed E-state index contributed by atoms with van der Waals surface area (Å²) in [6.07, 6.45) is 5.42. The summed E-state index contributed by atoms with van der Waals surface area (Å²) >= 11 is 0. The monoisotopic (exact) mass is 804 g/mol. The number of carboxylic acid groups (broad SMARTS) is 1. The van der Waals surface area contributed by atoms with E-state index in [9.17, 15) is 38.7 Å². The maximum Gasteiger partial charge on any atom is 0.326 e. The summed E-state index contributed by atoms with van der Waals surface area (Å²) in [7, 11) is 1.51. The zero-order chi connectivity index (χ0) is 43.6. The largest absolute Gasteiger partial charge is 0.480 e. The number of carbonyl (C=O) groups excluding carboxylic acids is 6. The van der Waals surface area contributed by atoms with Crippen LogP contribution in [0.4, 0.5) is 0 Å². The summed E-state index contributed by atoms with van der Waals surface area (Å²) in [5.41, 5.74) is 3.32. The van der Waals surface area contributed by atoms with Crippen LogP contribution in [0.5, 0.6) is 0 Å². The number of unbranched alkanes of at least 4 members (excludes halogenated alkanes) is 3. The Morgan fingerprint density at radius 1 is 0.776 bits per heavy atom. The molecule has 5 atom stereocenters. The molecule has 2 aromatic rings. The molecule has 0 unspecified atom stereocenters. The van der Waals surface area contributed by atoms with Crippen LogP contribution in [0.15, 0.2) is 48.5 Å². The lowest BCUT2D eigenvalue weighted by atomic mass is 9.90. The highest BCUT2D eigenvalue weighted by Gasteiger charge is 2.38. The number of hydrogen-bond acceptors (Lipinski definition) is 8. The van der Waals surface area contributed by atoms with Crippen molar-refractivity contribution in [1.82, 2.24) is 10.2 Å². The van der Waals surface area contributed by atoms with Gasteiger partial charge in [0.25, 0.3) is 0 Å². The zero-order valence-electron chi connectivity index (χ0n) is 36.4. The van der Waals surface area contributed by atoms with E-state index in [0.717, 1.165) is 43.2 Å². The Hall–Kier alpha value is -4.51. The van der Waals surface area contributed by atoms with Crippen molar-refractivity contribution in [2.75, 3.05) is 7.05 Å². The van der Waals surface area contributed by atoms with E-state index in [0.29, 0.717) is 24.8 Å². The number of ketones is 4. The van der Waals surface area contributed by atoms with E-state index in [2.05, 4.69) is 36.5 Å². The van der Waals surface area contributed by atoms with Gasteiger partial charge in [0.2, 0.25) is 11.8 Å². The van der Waals surface area contributed by atoms with Gasteiger partial charge in [0, 0.05) is 56.6 Å². The standard InChI is InChI=1S/C47H68N2O9/c1-10-12-14-17-38(30-39(51)18-15-19-41(52)37-26-24-36(25-27-37)35-22-20-34(21-23-35)16-13-11-2)45(55)49(9)43(33(5)58-47(6,7)8)42(53)28-31(3)44(54)48-40(46(56)57)29-32(4)50/h20-27,31,33,38,40,43H,10-19,28-30H2,1-9H3,(H,48,54)(H,56,57)/t31-,33-,38-,40+,43+/m1/s1. The molecule has 2 N–H and O–H groups in total. The SMILES string of the molecule is CCCCC[C@H](CC(=O)CCCC(=O)c1ccc(-c2ccc(CCCC)cc2)cc1)C(=O)N(C)[C@H](C(=O)C[C@@H](C)C(=O)N[C@@H](CC(C)=O)C(=O)O)[C@@H](C)OC(C)(C)C. The number of aryl methyl sites for hydroxylation is 1. The average molecular weight is 805 g/mol. The highest BCUT2D eigenvalue weighted by atomic mass is 16.5. The average Bonchev–Trinajstić information content (AvgIpc) is 3.15. The van der Waals surface area contributed by atoms with Crippen LogP contribution in [0.3, 0.4) is 0 Å². The number of likely N-dealkylation sites (N-methyl/N-ethyl adjacent to an activating group) is 1. The highest BCUT2D eigenvalue weighted by molar-refractivity contribution is 5.97. The van der Waals surface area contributed by atoms with Crippen LogP contribution < -0.4 is 5.32 Å². The van der Waals surface area contributed by atoms with Crippen molar-refractivity contribution in [3.8, 4) is 11.1 Å². The van der Waals surface area contributed by atoms with Crippen LogP contribution in [0, 0.1) is 11.8 Å². The van der Waals surface area contributed by atoms with Gasteiger partial charge in [-0.3, -0.25) is 28.8 Å². The van der Waals surface area contributed by atoms with Crippen molar-refractivity contribution in [1.29, 1.82) is 0 Å². The van der Waals surface area contributed by atoms with Gasteiger partial charge < -0.3 is 20.1 Å². The topological polar surface area (TPSA) is 164 Å². The van der Waals surface area contributed by atoms with Crippen molar-refractivity contribution in [2.24, 2.45) is 11.8 Å². The third kappa shape index (κ3) is 17.1. The van der Waals surface area contributed by atoms with Crippen LogP contribution >= 0.6 is 0 Å². The van der Waals surface area contributed by atoms with Gasteiger partial charge in [-0.15, -0.1) is 0 Å². The first-order valence-corrected chi connectivity index (χ1v) is 21.0. The molecule has 0 aliphatic rings. The number of aliphatic carboxylic acids is 1. The van der Waals surface area contributed by atoms with Crippen molar-refractivity contribution in [3.63, 3.8) is 0 Å². The van der Waals surface area contributed by atoms with Crippen LogP contribution in [-0.2, 0) is 39.9 Å². The third-order valence-corrected chi connectivity index (χ3v) is 10.3. The molecule has 11 nitrogen and oxygen atoms in total. The number of carboxylic acids is 1. The molecular weight excluding hydrogens is 737 g/mol. The Kier molecular flexibility index (Phi) is 20.9. The van der Waals surface area contributed by atoms with Gasteiger partial charge in [-0.25, -0.2) is 4.79 Å². The maximum absolute atomic E-state index is 14.2. The van der Waals surface area contributed by atoms with Crippen molar-refractivity contribution in [3.05, 3.63) is 59.7 Å². The zero-order valence-corrected chi connectivity index (χ0v) is 36.4. The summed E-state index contributed by atoms with van der Waals surface area (Å²) in [4.78, 5) is 92.2. The molecule has 0 spiro atoms. The minimum atomic E-state index is -1.43. The third-order valence-electron chi connectivity index (χ3n) is 10.3. The van der Waals surface area contributed by atoms with E-state index >= 15 is 0 Å². The van der Waals surface area contributed by atoms with Crippen molar-refractivity contribution >= 4 is 40.9 Å². The Balaban J connectivity index is 2.14. The van der Waals surface area contributed by atoms with Crippen LogP contribution in [-0.4, -0.2) is 81.8 Å². The molecule has 2 rings (SSSR count). The minimum absolute atomic E-state index is 0.0338. The minimum Gasteiger partial charge on any atom is -0.480 e. The number of rotatable bonds is 27. The van der Waals surface area contributed by atoms with Crippen molar-refractivity contribution < 1.29 is 43.4 Å². The fraction of sp³-hybridized carbons (Fsp3) is 0.596. The van der Waals surface area contributed by atoms with Crippen LogP contribution in [0.1, 0.15) is 148 Å². The number of amides is 2. The van der Waals surface area contributed by atoms with Crippen molar-refractivity contribution in [2.45, 2.75) is 163 Å². The lowest BCUT2D eigenvalue weighted by Crippen LogP contribution is -2.53. The normalized spacial score (nSPS) is 14.1. The Bertz CT molecular complexity index is 1680. The lowest BCUT2D eigenvalue weighted by Gasteiger charge is -2.37. The van der Waals surface area contributed by atoms with Gasteiger partial charge >= 0.3 is 5.97 Å². The molecule has 320 valence electrons. The van der Waals surface area contributed by atoms with E-state index in [1.807, 2.05) is 52.0 Å². The Morgan fingerprint density at radius 2 is 1.36 bits per heavy atom. The first-order valence-electron chi connectivity index (χ1n) is 21.0. The Morgan fingerprint density at radius 3 is 1.90 bits per heavy atom. The molecule has 0 heterocycles. The molecule has 0 bridgehead atoms. The second-order valence-electron chi connectivity index (χ2n) is 16.8. The fourth-order valence-electron chi connectivity index (χ4n) is 7.17. The van der Waals surface area contributed by atoms with Gasteiger partial charge in [-0.1, -0.05) is 95.0 Å². The van der Waals surface area contributed by atoms with Gasteiger partial charge in [-0.05, 0) is 77.0 Å². The van der Waals surface area contributed by atoms with E-state index in [4.69, 9.17) is 4.74 Å². The van der Waals surface area contributed by atoms with E-state index < -0.39 is 65.5 Å². The summed E-state index contributed by atoms with van der Waals surface area (Å²) in [5.74, 6) is -5.19. The predicted octanol–water partition coefficient (Wildman–Crippen LogP) is 8.38. The van der Waals surface area contributed by atoms with E-state index in [1.54, 1.807) is 6.92 Å². The van der Waals surface area contributed by atoms with E-state index in [1.165, 1.54) is 31.4 Å². The number of Topliss-reactive ketones (excluding diaryl/α,β-unsaturated/α-hetero) is 4. The number of nitrogens with zero attached hydrogens (tertiary/aromatic N) is 1. The summed E-state index contributed by atoms with van der Waals surface area (Å²) in [6, 6.07) is 13.5. The number of ether oxygens (including phenoxy) is 1. The quantitative estimate of drug-likeness (QED) is 0.0667. The molecule has 0 fully saturated rings. The molecule has 0 saturated carbocycles. The molecule has 0 saturated heterocycles. The molecular formula is C47H68N2O9. The maximum atomic E-state index is 14.2. The number of nitrogens with one attached hydrogen (secondary N) is 1. The first kappa shape index (κ1) is 49.6. The number of hydrogen-bond donors (Lipinski definition) is 2. The lowest BCUT2D eigenvalue weighted by molar-refractivity contribution is -0.153. The van der Waals surface area contributed by atoms with Gasteiger partial charge in [0.15, 0.2) is 11.6 Å². The van der Waals surface area contributed by atoms with Crippen LogP contribution in [0.25, 0.3) is 11.1 Å².